The van der Waals surface area contributed by atoms with Crippen LogP contribution in [0.3, 0.4) is 0 Å². The van der Waals surface area contributed by atoms with Crippen LogP contribution in [0.1, 0.15) is 44.0 Å². The van der Waals surface area contributed by atoms with E-state index in [1.807, 2.05) is 13.0 Å². The summed E-state index contributed by atoms with van der Waals surface area (Å²) in [4.78, 5) is 22.1. The fourth-order valence-electron chi connectivity index (χ4n) is 2.27. The van der Waals surface area contributed by atoms with E-state index in [1.54, 1.807) is 0 Å². The molecule has 1 aromatic rings. The molecule has 0 aromatic carbocycles. The van der Waals surface area contributed by atoms with Crippen LogP contribution in [0.25, 0.3) is 0 Å². The number of aromatic nitrogens is 2. The Morgan fingerprint density at radius 2 is 1.90 bits per heavy atom. The molecule has 0 atom stereocenters. The van der Waals surface area contributed by atoms with Gasteiger partial charge in [-0.3, -0.25) is 4.90 Å². The van der Waals surface area contributed by atoms with Crippen LogP contribution < -0.4 is 5.32 Å². The van der Waals surface area contributed by atoms with E-state index in [4.69, 9.17) is 0 Å². The van der Waals surface area contributed by atoms with E-state index in [-0.39, 0.29) is 5.82 Å². The van der Waals surface area contributed by atoms with Gasteiger partial charge < -0.3 is 10.1 Å². The van der Waals surface area contributed by atoms with Crippen molar-refractivity contribution < 1.29 is 9.53 Å². The SMILES string of the molecule is COC(=O)c1nc(C)cc(NCCN(C(C)C)C(C)C)n1. The first-order valence-electron chi connectivity index (χ1n) is 7.28. The highest BCUT2D eigenvalue weighted by Gasteiger charge is 2.14. The first-order chi connectivity index (χ1) is 9.85. The summed E-state index contributed by atoms with van der Waals surface area (Å²) in [6, 6.07) is 2.80. The molecule has 0 aliphatic carbocycles. The second-order valence-electron chi connectivity index (χ2n) is 5.56. The summed E-state index contributed by atoms with van der Waals surface area (Å²) in [6.45, 7) is 12.2. The number of hydrogen-bond acceptors (Lipinski definition) is 6. The zero-order chi connectivity index (χ0) is 16.0. The van der Waals surface area contributed by atoms with Crippen molar-refractivity contribution in [2.75, 3.05) is 25.5 Å². The molecule has 0 saturated carbocycles. The lowest BCUT2D eigenvalue weighted by atomic mass is 10.2. The lowest BCUT2D eigenvalue weighted by Gasteiger charge is -2.30. The fourth-order valence-corrected chi connectivity index (χ4v) is 2.27. The number of aryl methyl sites for hydroxylation is 1. The van der Waals surface area contributed by atoms with Gasteiger partial charge in [-0.15, -0.1) is 0 Å². The van der Waals surface area contributed by atoms with Gasteiger partial charge in [-0.05, 0) is 34.6 Å². The van der Waals surface area contributed by atoms with Gasteiger partial charge in [0.1, 0.15) is 5.82 Å². The monoisotopic (exact) mass is 294 g/mol. The molecular formula is C15H26N4O2. The Balaban J connectivity index is 2.67. The summed E-state index contributed by atoms with van der Waals surface area (Å²) in [5.41, 5.74) is 0.734. The summed E-state index contributed by atoms with van der Waals surface area (Å²) in [5.74, 6) is 0.215. The largest absolute Gasteiger partial charge is 0.463 e. The second-order valence-corrected chi connectivity index (χ2v) is 5.56. The van der Waals surface area contributed by atoms with Crippen LogP contribution in [0.4, 0.5) is 5.82 Å². The van der Waals surface area contributed by atoms with Crippen molar-refractivity contribution in [2.45, 2.75) is 46.7 Å². The van der Waals surface area contributed by atoms with Gasteiger partial charge in [0.25, 0.3) is 0 Å². The average molecular weight is 294 g/mol. The average Bonchev–Trinajstić information content (AvgIpc) is 2.41. The minimum Gasteiger partial charge on any atom is -0.463 e. The quantitative estimate of drug-likeness (QED) is 0.777. The smallest absolute Gasteiger partial charge is 0.376 e. The van der Waals surface area contributed by atoms with Gasteiger partial charge in [0.15, 0.2) is 0 Å². The van der Waals surface area contributed by atoms with Gasteiger partial charge in [-0.1, -0.05) is 0 Å². The molecule has 0 unspecified atom stereocenters. The molecule has 1 aromatic heterocycles. The summed E-state index contributed by atoms with van der Waals surface area (Å²) in [7, 11) is 1.32. The second kappa shape index (κ2) is 7.93. The highest BCUT2D eigenvalue weighted by molar-refractivity contribution is 5.85. The first kappa shape index (κ1) is 17.4. The van der Waals surface area contributed by atoms with Crippen molar-refractivity contribution in [3.8, 4) is 0 Å². The maximum Gasteiger partial charge on any atom is 0.376 e. The summed E-state index contributed by atoms with van der Waals surface area (Å²) < 4.78 is 4.65. The molecule has 1 rings (SSSR count). The van der Waals surface area contributed by atoms with Crippen molar-refractivity contribution in [2.24, 2.45) is 0 Å². The number of carbonyl (C=O) groups is 1. The zero-order valence-electron chi connectivity index (χ0n) is 13.8. The molecule has 0 bridgehead atoms. The van der Waals surface area contributed by atoms with E-state index >= 15 is 0 Å². The highest BCUT2D eigenvalue weighted by Crippen LogP contribution is 2.08. The Morgan fingerprint density at radius 3 is 2.43 bits per heavy atom. The third-order valence-electron chi connectivity index (χ3n) is 3.22. The Bertz CT molecular complexity index is 467. The predicted octanol–water partition coefficient (Wildman–Crippen LogP) is 2.10. The molecule has 6 nitrogen and oxygen atoms in total. The normalized spacial score (nSPS) is 11.3. The number of methoxy groups -OCH3 is 1. The standard InChI is InChI=1S/C15H26N4O2/c1-10(2)19(11(3)4)8-7-16-13-9-12(5)17-14(18-13)15(20)21-6/h9-11H,7-8H2,1-6H3,(H,16,17,18). The third-order valence-corrected chi connectivity index (χ3v) is 3.22. The Kier molecular flexibility index (Phi) is 6.55. The minimum atomic E-state index is -0.521. The lowest BCUT2D eigenvalue weighted by Crippen LogP contribution is -2.40. The number of ether oxygens (including phenoxy) is 1. The Labute approximate surface area is 126 Å². The molecule has 1 N–H and O–H groups in total. The minimum absolute atomic E-state index is 0.0876. The van der Waals surface area contributed by atoms with Crippen LogP contribution in [0.15, 0.2) is 6.07 Å². The van der Waals surface area contributed by atoms with Crippen LogP contribution in [-0.4, -0.2) is 53.1 Å². The molecule has 0 amide bonds. The molecule has 0 fully saturated rings. The third kappa shape index (κ3) is 5.30. The molecule has 0 aliphatic heterocycles. The van der Waals surface area contributed by atoms with E-state index in [0.29, 0.717) is 17.9 Å². The molecule has 6 heteroatoms. The van der Waals surface area contributed by atoms with Crippen molar-refractivity contribution in [1.82, 2.24) is 14.9 Å². The summed E-state index contributed by atoms with van der Waals surface area (Å²) in [5, 5.41) is 3.24. The van der Waals surface area contributed by atoms with E-state index in [2.05, 4.69) is 52.6 Å². The van der Waals surface area contributed by atoms with E-state index in [0.717, 1.165) is 18.8 Å². The highest BCUT2D eigenvalue weighted by atomic mass is 16.5. The van der Waals surface area contributed by atoms with Crippen molar-refractivity contribution >= 4 is 11.8 Å². The van der Waals surface area contributed by atoms with Crippen molar-refractivity contribution in [3.05, 3.63) is 17.6 Å². The van der Waals surface area contributed by atoms with Crippen molar-refractivity contribution in [1.29, 1.82) is 0 Å². The van der Waals surface area contributed by atoms with Gasteiger partial charge in [-0.2, -0.15) is 0 Å². The molecule has 0 spiro atoms. The number of carbonyl (C=O) groups excluding carboxylic acids is 1. The number of hydrogen-bond donors (Lipinski definition) is 1. The summed E-state index contributed by atoms with van der Waals surface area (Å²) in [6.07, 6.45) is 0. The van der Waals surface area contributed by atoms with Gasteiger partial charge >= 0.3 is 5.97 Å². The maximum atomic E-state index is 11.5. The van der Waals surface area contributed by atoms with Crippen LogP contribution >= 0.6 is 0 Å². The van der Waals surface area contributed by atoms with Crippen LogP contribution in [0.2, 0.25) is 0 Å². The van der Waals surface area contributed by atoms with Crippen LogP contribution in [0, 0.1) is 6.92 Å². The van der Waals surface area contributed by atoms with Gasteiger partial charge in [0.05, 0.1) is 7.11 Å². The zero-order valence-corrected chi connectivity index (χ0v) is 13.8. The fraction of sp³-hybridized carbons (Fsp3) is 0.667. The van der Waals surface area contributed by atoms with Gasteiger partial charge in [0.2, 0.25) is 5.82 Å². The van der Waals surface area contributed by atoms with E-state index < -0.39 is 5.97 Å². The Morgan fingerprint density at radius 1 is 1.29 bits per heavy atom. The number of rotatable bonds is 7. The van der Waals surface area contributed by atoms with E-state index in [9.17, 15) is 4.79 Å². The molecule has 1 heterocycles. The molecule has 118 valence electrons. The summed E-state index contributed by atoms with van der Waals surface area (Å²) >= 11 is 0. The van der Waals surface area contributed by atoms with Crippen LogP contribution in [-0.2, 0) is 4.74 Å². The van der Waals surface area contributed by atoms with Crippen LogP contribution in [0.5, 0.6) is 0 Å². The first-order valence-corrected chi connectivity index (χ1v) is 7.28. The maximum absolute atomic E-state index is 11.5. The molecular weight excluding hydrogens is 268 g/mol. The van der Waals surface area contributed by atoms with E-state index in [1.165, 1.54) is 7.11 Å². The topological polar surface area (TPSA) is 67.3 Å². The van der Waals surface area contributed by atoms with Crippen molar-refractivity contribution in [3.63, 3.8) is 0 Å². The Hall–Kier alpha value is -1.69. The molecule has 0 radical (unpaired) electrons. The number of nitrogens with one attached hydrogen (secondary N) is 1. The molecule has 0 aliphatic rings. The predicted molar refractivity (Wildman–Crippen MR) is 83.6 cm³/mol. The number of nitrogens with zero attached hydrogens (tertiary/aromatic N) is 3. The van der Waals surface area contributed by atoms with Gasteiger partial charge in [-0.25, -0.2) is 14.8 Å². The lowest BCUT2D eigenvalue weighted by molar-refractivity contribution is 0.0586. The number of anilines is 1. The van der Waals surface area contributed by atoms with Gasteiger partial charge in [0, 0.05) is 36.9 Å². The number of esters is 1. The molecule has 0 saturated heterocycles. The molecule has 21 heavy (non-hydrogen) atoms.